The average molecular weight is 530 g/mol. The molecule has 4 rings (SSSR count). The zero-order chi connectivity index (χ0) is 23.9. The first-order chi connectivity index (χ1) is 15.8. The molecule has 9 nitrogen and oxygen atoms in total. The van der Waals surface area contributed by atoms with Crippen LogP contribution in [0.25, 0.3) is 11.4 Å². The zero-order valence-electron chi connectivity index (χ0n) is 17.5. The third-order valence-electron chi connectivity index (χ3n) is 3.72. The van der Waals surface area contributed by atoms with Crippen LogP contribution < -0.4 is 23.7 Å². The van der Waals surface area contributed by atoms with Crippen LogP contribution in [0.3, 0.4) is 0 Å². The van der Waals surface area contributed by atoms with E-state index in [1.165, 1.54) is 6.07 Å². The molecule has 0 atom stereocenters. The molecule has 0 fully saturated rings. The van der Waals surface area contributed by atoms with E-state index in [0.29, 0.717) is 12.1 Å². The summed E-state index contributed by atoms with van der Waals surface area (Å²) in [6.07, 6.45) is 6.86. The second kappa shape index (κ2) is 15.6. The van der Waals surface area contributed by atoms with Crippen molar-refractivity contribution in [3.05, 3.63) is 109 Å². The summed E-state index contributed by atoms with van der Waals surface area (Å²) in [5.74, 6) is -0.00716. The molecule has 0 N–H and O–H groups in total. The van der Waals surface area contributed by atoms with Crippen molar-refractivity contribution in [2.75, 3.05) is 0 Å². The number of rotatable bonds is 4. The van der Waals surface area contributed by atoms with Gasteiger partial charge in [-0.05, 0) is 42.0 Å². The van der Waals surface area contributed by atoms with Crippen LogP contribution in [0.1, 0.15) is 11.3 Å². The summed E-state index contributed by atoms with van der Waals surface area (Å²) in [6.45, 7) is 0.495. The molecular weight excluding hydrogens is 511 g/mol. The summed E-state index contributed by atoms with van der Waals surface area (Å²) in [5.41, 5.74) is 3.33. The molecule has 179 valence electrons. The Kier molecular flexibility index (Phi) is 13.2. The van der Waals surface area contributed by atoms with Crippen molar-refractivity contribution in [1.29, 1.82) is 0 Å². The van der Waals surface area contributed by atoms with Crippen molar-refractivity contribution in [3.63, 3.8) is 0 Å². The van der Waals surface area contributed by atoms with Crippen molar-refractivity contribution in [2.24, 2.45) is 4.99 Å². The number of halogens is 1. The molecule has 11 heteroatoms. The minimum atomic E-state index is -4.94. The van der Waals surface area contributed by atoms with Crippen LogP contribution in [0.15, 0.2) is 102 Å². The van der Waals surface area contributed by atoms with E-state index in [9.17, 15) is 5.11 Å². The van der Waals surface area contributed by atoms with E-state index in [2.05, 4.69) is 19.9 Å². The standard InChI is InChI=1S/C13H12N2O.C10H8N2.ClHO4.Cu/c16-13-7-2-1-5-11(13)9-14-10-12-6-3-4-8-15-12;1-3-7-11-9(5-1)10-6-2-4-8-12-10;2-1(3,4)5;/h1-9,16H,10H2;1-8H;(H,2,3,4,5);/q;;;+2/p-2. The van der Waals surface area contributed by atoms with E-state index in [1.54, 1.807) is 36.9 Å². The Balaban J connectivity index is 0.000000284. The van der Waals surface area contributed by atoms with Gasteiger partial charge in [0.25, 0.3) is 0 Å². The quantitative estimate of drug-likeness (QED) is 0.243. The predicted octanol–water partition coefficient (Wildman–Crippen LogP) is -0.841. The molecule has 0 bridgehead atoms. The average Bonchev–Trinajstić information content (AvgIpc) is 2.82. The van der Waals surface area contributed by atoms with E-state index in [1.807, 2.05) is 60.7 Å². The maximum atomic E-state index is 11.4. The minimum Gasteiger partial charge on any atom is -0.872 e. The van der Waals surface area contributed by atoms with Crippen LogP contribution in [0.2, 0.25) is 0 Å². The summed E-state index contributed by atoms with van der Waals surface area (Å²) >= 11 is 0. The van der Waals surface area contributed by atoms with E-state index in [-0.39, 0.29) is 22.8 Å². The van der Waals surface area contributed by atoms with E-state index in [0.717, 1.165) is 17.1 Å². The van der Waals surface area contributed by atoms with Gasteiger partial charge in [0.05, 0.1) is 23.6 Å². The zero-order valence-corrected chi connectivity index (χ0v) is 19.2. The molecule has 0 aliphatic rings. The fourth-order valence-electron chi connectivity index (χ4n) is 2.34. The van der Waals surface area contributed by atoms with Gasteiger partial charge < -0.3 is 5.11 Å². The summed E-state index contributed by atoms with van der Waals surface area (Å²) < 4.78 is 34.0. The second-order valence-electron chi connectivity index (χ2n) is 6.14. The van der Waals surface area contributed by atoms with E-state index >= 15 is 0 Å². The van der Waals surface area contributed by atoms with Crippen LogP contribution in [0.4, 0.5) is 0 Å². The normalized spacial score (nSPS) is 10.2. The SMILES string of the molecule is [Cu+2].[O-][Cl+3]([O-])([O-])[O-].[O-]c1ccccc1C=NCc1ccccn1.c1ccc(-c2ccccn2)nc1. The molecular formula is C23H19ClCuN4O5. The van der Waals surface area contributed by atoms with Crippen LogP contribution in [0.5, 0.6) is 5.75 Å². The molecule has 1 radical (unpaired) electrons. The molecule has 0 saturated heterocycles. The van der Waals surface area contributed by atoms with E-state index in [4.69, 9.17) is 18.6 Å². The molecule has 1 aromatic carbocycles. The fourth-order valence-corrected chi connectivity index (χ4v) is 2.34. The van der Waals surface area contributed by atoms with E-state index < -0.39 is 10.2 Å². The van der Waals surface area contributed by atoms with Gasteiger partial charge in [0.1, 0.15) is 0 Å². The monoisotopic (exact) mass is 529 g/mol. The largest absolute Gasteiger partial charge is 2.00 e. The molecule has 3 heterocycles. The smallest absolute Gasteiger partial charge is 0.872 e. The Morgan fingerprint density at radius 3 is 1.59 bits per heavy atom. The van der Waals surface area contributed by atoms with Crippen LogP contribution in [0, 0.1) is 10.2 Å². The third-order valence-corrected chi connectivity index (χ3v) is 3.72. The fraction of sp³-hybridized carbons (Fsp3) is 0.0435. The van der Waals surface area contributed by atoms with Gasteiger partial charge in [-0.2, -0.15) is 0 Å². The van der Waals surface area contributed by atoms with Crippen LogP contribution in [-0.2, 0) is 23.6 Å². The number of aliphatic imine (C=N–C) groups is 1. The molecule has 0 saturated carbocycles. The van der Waals surface area contributed by atoms with Gasteiger partial charge >= 0.3 is 17.1 Å². The van der Waals surface area contributed by atoms with Gasteiger partial charge in [-0.1, -0.05) is 42.5 Å². The minimum absolute atomic E-state index is 0. The molecule has 0 aliphatic heterocycles. The summed E-state index contributed by atoms with van der Waals surface area (Å²) in [5, 5.41) is 11.4. The first kappa shape index (κ1) is 28.8. The molecule has 3 aromatic heterocycles. The molecule has 0 aliphatic carbocycles. The van der Waals surface area contributed by atoms with Gasteiger partial charge in [0.15, 0.2) is 0 Å². The Labute approximate surface area is 209 Å². The van der Waals surface area contributed by atoms with Crippen molar-refractivity contribution in [1.82, 2.24) is 15.0 Å². The van der Waals surface area contributed by atoms with Gasteiger partial charge in [-0.3, -0.25) is 19.9 Å². The molecule has 0 amide bonds. The predicted molar refractivity (Wildman–Crippen MR) is 109 cm³/mol. The number of para-hydroxylation sites is 1. The van der Waals surface area contributed by atoms with Gasteiger partial charge in [0, 0.05) is 24.8 Å². The first-order valence-electron chi connectivity index (χ1n) is 9.43. The Bertz CT molecular complexity index is 1060. The molecule has 0 spiro atoms. The number of pyridine rings is 3. The van der Waals surface area contributed by atoms with Crippen molar-refractivity contribution >= 4 is 6.21 Å². The third kappa shape index (κ3) is 12.7. The summed E-state index contributed by atoms with van der Waals surface area (Å²) in [4.78, 5) is 16.7. The summed E-state index contributed by atoms with van der Waals surface area (Å²) in [7, 11) is -4.94. The van der Waals surface area contributed by atoms with Gasteiger partial charge in [-0.15, -0.1) is 16.0 Å². The second-order valence-corrected chi connectivity index (χ2v) is 6.89. The Morgan fingerprint density at radius 1 is 0.676 bits per heavy atom. The Morgan fingerprint density at radius 2 is 1.15 bits per heavy atom. The van der Waals surface area contributed by atoms with Crippen molar-refractivity contribution < 1.29 is 51.1 Å². The molecule has 34 heavy (non-hydrogen) atoms. The maximum absolute atomic E-state index is 11.4. The van der Waals surface area contributed by atoms with Crippen molar-refractivity contribution in [2.45, 2.75) is 6.54 Å². The topological polar surface area (TPSA) is 166 Å². The number of nitrogens with zero attached hydrogens (tertiary/aromatic N) is 4. The van der Waals surface area contributed by atoms with Crippen LogP contribution >= 0.6 is 0 Å². The summed E-state index contributed by atoms with van der Waals surface area (Å²) in [6, 6.07) is 24.1. The van der Waals surface area contributed by atoms with Crippen LogP contribution in [-0.4, -0.2) is 21.2 Å². The number of hydrogen-bond donors (Lipinski definition) is 0. The maximum Gasteiger partial charge on any atom is 2.00 e. The Hall–Kier alpha value is -3.21. The first-order valence-corrected chi connectivity index (χ1v) is 10.7. The molecule has 4 aromatic rings. The number of aromatic nitrogens is 3. The van der Waals surface area contributed by atoms with Crippen molar-refractivity contribution in [3.8, 4) is 17.1 Å². The number of hydrogen-bond acceptors (Lipinski definition) is 9. The van der Waals surface area contributed by atoms with Gasteiger partial charge in [-0.25, -0.2) is 18.6 Å². The number of benzene rings is 1. The van der Waals surface area contributed by atoms with Gasteiger partial charge in [0.2, 0.25) is 0 Å². The molecule has 0 unspecified atom stereocenters.